The van der Waals surface area contributed by atoms with Gasteiger partial charge in [-0.25, -0.2) is 9.97 Å². The second kappa shape index (κ2) is 5.59. The first-order valence-electron chi connectivity index (χ1n) is 6.64. The Hall–Kier alpha value is -1.94. The number of amides is 1. The maximum absolute atomic E-state index is 12.2. The maximum Gasteiger partial charge on any atom is 0.275 e. The predicted octanol–water partition coefficient (Wildman–Crippen LogP) is 3.26. The van der Waals surface area contributed by atoms with E-state index in [-0.39, 0.29) is 16.8 Å². The molecule has 102 valence electrons. The number of rotatable bonds is 2. The quantitative estimate of drug-likeness (QED) is 0.922. The molecule has 0 spiro atoms. The van der Waals surface area contributed by atoms with E-state index in [0.717, 1.165) is 18.5 Å². The van der Waals surface area contributed by atoms with Gasteiger partial charge in [0.15, 0.2) is 0 Å². The van der Waals surface area contributed by atoms with Crippen molar-refractivity contribution in [2.75, 3.05) is 5.32 Å². The van der Waals surface area contributed by atoms with E-state index >= 15 is 0 Å². The van der Waals surface area contributed by atoms with E-state index in [9.17, 15) is 4.79 Å². The first-order chi connectivity index (χ1) is 9.74. The van der Waals surface area contributed by atoms with Gasteiger partial charge in [0, 0.05) is 5.69 Å². The Morgan fingerprint density at radius 1 is 1.15 bits per heavy atom. The van der Waals surface area contributed by atoms with Gasteiger partial charge in [0.1, 0.15) is 10.8 Å². The van der Waals surface area contributed by atoms with Crippen LogP contribution in [0.3, 0.4) is 0 Å². The van der Waals surface area contributed by atoms with Crippen molar-refractivity contribution in [1.82, 2.24) is 9.97 Å². The molecular formula is C15H14ClN3O. The van der Waals surface area contributed by atoms with Crippen LogP contribution in [0.4, 0.5) is 5.69 Å². The summed E-state index contributed by atoms with van der Waals surface area (Å²) in [6, 6.07) is 6.05. The zero-order valence-electron chi connectivity index (χ0n) is 10.9. The summed E-state index contributed by atoms with van der Waals surface area (Å²) in [5.41, 5.74) is 3.72. The fourth-order valence-electron chi connectivity index (χ4n) is 2.51. The Bertz CT molecular complexity index is 640. The molecule has 2 aromatic rings. The number of aryl methyl sites for hydroxylation is 1. The number of fused-ring (bicyclic) bond motifs is 1. The number of aromatic nitrogens is 2. The van der Waals surface area contributed by atoms with Gasteiger partial charge >= 0.3 is 0 Å². The third-order valence-corrected chi connectivity index (χ3v) is 3.69. The molecule has 4 nitrogen and oxygen atoms in total. The number of nitrogens with one attached hydrogen (secondary N) is 1. The van der Waals surface area contributed by atoms with Gasteiger partial charge in [-0.05, 0) is 42.9 Å². The summed E-state index contributed by atoms with van der Waals surface area (Å²) < 4.78 is 0. The molecule has 1 aromatic heterocycles. The minimum atomic E-state index is -0.256. The number of hydrogen-bond donors (Lipinski definition) is 1. The second-order valence-electron chi connectivity index (χ2n) is 4.83. The lowest BCUT2D eigenvalue weighted by molar-refractivity contribution is 0.102. The zero-order chi connectivity index (χ0) is 13.9. The molecule has 3 rings (SSSR count). The summed E-state index contributed by atoms with van der Waals surface area (Å²) >= 11 is 5.67. The van der Waals surface area contributed by atoms with Gasteiger partial charge in [-0.15, -0.1) is 0 Å². The van der Waals surface area contributed by atoms with E-state index in [0.29, 0.717) is 0 Å². The largest absolute Gasteiger partial charge is 0.320 e. The third kappa shape index (κ3) is 2.65. The Kier molecular flexibility index (Phi) is 3.65. The lowest BCUT2D eigenvalue weighted by Gasteiger charge is -2.19. The van der Waals surface area contributed by atoms with Crippen LogP contribution in [0.15, 0.2) is 30.6 Å². The standard InChI is InChI=1S/C15H14ClN3O/c16-14-9-17-13(8-18-14)15(20)19-12-7-3-5-10-4-1-2-6-11(10)12/h3,5,7-9H,1-2,4,6H2,(H,19,20). The van der Waals surface area contributed by atoms with E-state index in [4.69, 9.17) is 11.6 Å². The molecule has 1 heterocycles. The van der Waals surface area contributed by atoms with Crippen molar-refractivity contribution in [3.05, 3.63) is 52.6 Å². The topological polar surface area (TPSA) is 54.9 Å². The molecule has 1 aliphatic rings. The Labute approximate surface area is 122 Å². The van der Waals surface area contributed by atoms with Crippen molar-refractivity contribution in [3.8, 4) is 0 Å². The minimum Gasteiger partial charge on any atom is -0.320 e. The van der Waals surface area contributed by atoms with E-state index < -0.39 is 0 Å². The predicted molar refractivity (Wildman–Crippen MR) is 78.1 cm³/mol. The molecule has 0 fully saturated rings. The minimum absolute atomic E-state index is 0.256. The zero-order valence-corrected chi connectivity index (χ0v) is 11.7. The van der Waals surface area contributed by atoms with Gasteiger partial charge < -0.3 is 5.32 Å². The molecular weight excluding hydrogens is 274 g/mol. The highest BCUT2D eigenvalue weighted by Gasteiger charge is 2.15. The van der Waals surface area contributed by atoms with E-state index in [1.54, 1.807) is 0 Å². The van der Waals surface area contributed by atoms with Crippen LogP contribution in [-0.4, -0.2) is 15.9 Å². The molecule has 1 N–H and O–H groups in total. The monoisotopic (exact) mass is 287 g/mol. The van der Waals surface area contributed by atoms with Crippen LogP contribution in [-0.2, 0) is 12.8 Å². The summed E-state index contributed by atoms with van der Waals surface area (Å²) in [6.45, 7) is 0. The highest BCUT2D eigenvalue weighted by atomic mass is 35.5. The number of hydrogen-bond acceptors (Lipinski definition) is 3. The molecule has 0 saturated heterocycles. The summed E-state index contributed by atoms with van der Waals surface area (Å²) in [5, 5.41) is 3.20. The fourth-order valence-corrected chi connectivity index (χ4v) is 2.61. The van der Waals surface area contributed by atoms with Crippen LogP contribution in [0.1, 0.15) is 34.5 Å². The van der Waals surface area contributed by atoms with Gasteiger partial charge in [-0.3, -0.25) is 4.79 Å². The summed E-state index contributed by atoms with van der Waals surface area (Å²) in [5.74, 6) is -0.256. The molecule has 1 aromatic carbocycles. The molecule has 0 radical (unpaired) electrons. The van der Waals surface area contributed by atoms with E-state index in [1.807, 2.05) is 12.1 Å². The van der Waals surface area contributed by atoms with Crippen LogP contribution < -0.4 is 5.32 Å². The number of anilines is 1. The van der Waals surface area contributed by atoms with Crippen LogP contribution in [0, 0.1) is 0 Å². The van der Waals surface area contributed by atoms with Crippen molar-refractivity contribution >= 4 is 23.2 Å². The highest BCUT2D eigenvalue weighted by molar-refractivity contribution is 6.29. The summed E-state index contributed by atoms with van der Waals surface area (Å²) in [7, 11) is 0. The average molecular weight is 288 g/mol. The molecule has 0 saturated carbocycles. The highest BCUT2D eigenvalue weighted by Crippen LogP contribution is 2.28. The van der Waals surface area contributed by atoms with Gasteiger partial charge in [0.05, 0.1) is 12.4 Å². The first kappa shape index (κ1) is 13.1. The lowest BCUT2D eigenvalue weighted by atomic mass is 9.90. The maximum atomic E-state index is 12.2. The lowest BCUT2D eigenvalue weighted by Crippen LogP contribution is -2.16. The molecule has 0 unspecified atom stereocenters. The molecule has 0 aliphatic heterocycles. The average Bonchev–Trinajstić information content (AvgIpc) is 2.48. The van der Waals surface area contributed by atoms with Crippen molar-refractivity contribution in [2.24, 2.45) is 0 Å². The molecule has 0 atom stereocenters. The van der Waals surface area contributed by atoms with Crippen molar-refractivity contribution in [2.45, 2.75) is 25.7 Å². The van der Waals surface area contributed by atoms with Gasteiger partial charge in [-0.1, -0.05) is 23.7 Å². The third-order valence-electron chi connectivity index (χ3n) is 3.50. The molecule has 1 amide bonds. The number of carbonyl (C=O) groups excluding carboxylic acids is 1. The number of nitrogens with zero attached hydrogens (tertiary/aromatic N) is 2. The van der Waals surface area contributed by atoms with E-state index in [1.165, 1.54) is 36.4 Å². The van der Waals surface area contributed by atoms with Crippen molar-refractivity contribution < 1.29 is 4.79 Å². The van der Waals surface area contributed by atoms with Gasteiger partial charge in [-0.2, -0.15) is 0 Å². The first-order valence-corrected chi connectivity index (χ1v) is 7.01. The summed E-state index contributed by atoms with van der Waals surface area (Å²) in [4.78, 5) is 20.0. The Balaban J connectivity index is 1.84. The van der Waals surface area contributed by atoms with E-state index in [2.05, 4.69) is 21.4 Å². The van der Waals surface area contributed by atoms with Gasteiger partial charge in [0.2, 0.25) is 0 Å². The number of halogens is 1. The number of benzene rings is 1. The Morgan fingerprint density at radius 3 is 2.80 bits per heavy atom. The van der Waals surface area contributed by atoms with Crippen LogP contribution in [0.5, 0.6) is 0 Å². The van der Waals surface area contributed by atoms with Crippen molar-refractivity contribution in [3.63, 3.8) is 0 Å². The smallest absolute Gasteiger partial charge is 0.275 e. The SMILES string of the molecule is O=C(Nc1cccc2c1CCCC2)c1cnc(Cl)cn1. The van der Waals surface area contributed by atoms with Crippen LogP contribution in [0.25, 0.3) is 0 Å². The molecule has 1 aliphatic carbocycles. The molecule has 20 heavy (non-hydrogen) atoms. The molecule has 0 bridgehead atoms. The molecule has 5 heteroatoms. The van der Waals surface area contributed by atoms with Crippen LogP contribution in [0.2, 0.25) is 5.15 Å². The van der Waals surface area contributed by atoms with Crippen LogP contribution >= 0.6 is 11.6 Å². The summed E-state index contributed by atoms with van der Waals surface area (Å²) in [6.07, 6.45) is 7.23. The fraction of sp³-hybridized carbons (Fsp3) is 0.267. The second-order valence-corrected chi connectivity index (χ2v) is 5.22. The number of carbonyl (C=O) groups is 1. The Morgan fingerprint density at radius 2 is 2.00 bits per heavy atom. The van der Waals surface area contributed by atoms with Crippen molar-refractivity contribution in [1.29, 1.82) is 0 Å². The van der Waals surface area contributed by atoms with Gasteiger partial charge in [0.25, 0.3) is 5.91 Å². The normalized spacial score (nSPS) is 13.7.